The Morgan fingerprint density at radius 2 is 1.27 bits per heavy atom. The average Bonchev–Trinajstić information content (AvgIpc) is 2.30. The zero-order chi connectivity index (χ0) is 11.8. The fraction of sp³-hybridized carbons (Fsp3) is 1.00. The number of hydrogen-bond acceptors (Lipinski definition) is 3. The van der Waals surface area contributed by atoms with Crippen molar-refractivity contribution in [3.8, 4) is 0 Å². The molecule has 0 fully saturated rings. The maximum atomic E-state index is 8.45. The Morgan fingerprint density at radius 1 is 0.800 bits per heavy atom. The van der Waals surface area contributed by atoms with Crippen LogP contribution < -0.4 is 5.32 Å². The lowest BCUT2D eigenvalue weighted by Crippen LogP contribution is -2.15. The summed E-state index contributed by atoms with van der Waals surface area (Å²) in [6.07, 6.45) is 10.8. The van der Waals surface area contributed by atoms with Crippen molar-refractivity contribution in [2.45, 2.75) is 58.3 Å². The summed E-state index contributed by atoms with van der Waals surface area (Å²) in [4.78, 5) is 0. The summed E-state index contributed by atoms with van der Waals surface area (Å²) in [6, 6.07) is 0. The summed E-state index contributed by atoms with van der Waals surface area (Å²) in [7, 11) is 1.00. The Labute approximate surface area is 94.9 Å². The Hall–Kier alpha value is -0.120. The SMILES string of the molecule is CCCCCCCCCCNCO.CO. The van der Waals surface area contributed by atoms with Crippen molar-refractivity contribution >= 4 is 0 Å². The monoisotopic (exact) mass is 219 g/mol. The molecule has 0 heterocycles. The molecule has 0 aliphatic heterocycles. The first-order valence-electron chi connectivity index (χ1n) is 6.18. The van der Waals surface area contributed by atoms with Crippen LogP contribution in [-0.4, -0.2) is 30.6 Å². The average molecular weight is 219 g/mol. The van der Waals surface area contributed by atoms with Crippen LogP contribution in [0.3, 0.4) is 0 Å². The zero-order valence-corrected chi connectivity index (χ0v) is 10.5. The summed E-state index contributed by atoms with van der Waals surface area (Å²) in [5.41, 5.74) is 0. The van der Waals surface area contributed by atoms with Gasteiger partial charge >= 0.3 is 0 Å². The number of aliphatic hydroxyl groups excluding tert-OH is 2. The standard InChI is InChI=1S/C11H25NO.CH4O/c1-2-3-4-5-6-7-8-9-10-12-11-13;1-2/h12-13H,2-11H2,1H3;2H,1H3. The summed E-state index contributed by atoms with van der Waals surface area (Å²) >= 11 is 0. The zero-order valence-electron chi connectivity index (χ0n) is 10.5. The number of aliphatic hydroxyl groups is 2. The van der Waals surface area contributed by atoms with Crippen LogP contribution >= 0.6 is 0 Å². The Balaban J connectivity index is 0. The van der Waals surface area contributed by atoms with Gasteiger partial charge in [0.25, 0.3) is 0 Å². The van der Waals surface area contributed by atoms with Gasteiger partial charge in [0, 0.05) is 7.11 Å². The molecule has 0 amide bonds. The van der Waals surface area contributed by atoms with Crippen molar-refractivity contribution < 1.29 is 10.2 Å². The van der Waals surface area contributed by atoms with Gasteiger partial charge in [0.15, 0.2) is 0 Å². The van der Waals surface area contributed by atoms with E-state index in [1.54, 1.807) is 0 Å². The molecule has 0 aromatic rings. The lowest BCUT2D eigenvalue weighted by Gasteiger charge is -2.01. The van der Waals surface area contributed by atoms with E-state index in [1.807, 2.05) is 0 Å². The summed E-state index contributed by atoms with van der Waals surface area (Å²) in [5, 5.41) is 18.4. The predicted molar refractivity (Wildman–Crippen MR) is 65.8 cm³/mol. The predicted octanol–water partition coefficient (Wildman–Crippen LogP) is 2.27. The van der Waals surface area contributed by atoms with Gasteiger partial charge in [-0.05, 0) is 13.0 Å². The highest BCUT2D eigenvalue weighted by Crippen LogP contribution is 2.07. The molecular formula is C12H29NO2. The second kappa shape index (κ2) is 19.5. The quantitative estimate of drug-likeness (QED) is 0.390. The van der Waals surface area contributed by atoms with E-state index in [0.29, 0.717) is 0 Å². The van der Waals surface area contributed by atoms with Crippen molar-refractivity contribution in [3.05, 3.63) is 0 Å². The molecule has 0 atom stereocenters. The first-order valence-corrected chi connectivity index (χ1v) is 6.18. The van der Waals surface area contributed by atoms with E-state index in [0.717, 1.165) is 13.7 Å². The van der Waals surface area contributed by atoms with Gasteiger partial charge in [0.2, 0.25) is 0 Å². The van der Waals surface area contributed by atoms with E-state index in [9.17, 15) is 0 Å². The molecule has 0 spiro atoms. The van der Waals surface area contributed by atoms with Gasteiger partial charge in [-0.3, -0.25) is 5.32 Å². The van der Waals surface area contributed by atoms with Gasteiger partial charge in [-0.2, -0.15) is 0 Å². The third kappa shape index (κ3) is 20.1. The molecule has 0 aliphatic rings. The van der Waals surface area contributed by atoms with E-state index >= 15 is 0 Å². The molecule has 0 bridgehead atoms. The molecule has 3 heteroatoms. The van der Waals surface area contributed by atoms with Crippen molar-refractivity contribution in [3.63, 3.8) is 0 Å². The van der Waals surface area contributed by atoms with Gasteiger partial charge in [-0.15, -0.1) is 0 Å². The Morgan fingerprint density at radius 3 is 1.73 bits per heavy atom. The number of unbranched alkanes of at least 4 members (excludes halogenated alkanes) is 7. The molecule has 0 saturated heterocycles. The van der Waals surface area contributed by atoms with E-state index < -0.39 is 0 Å². The second-order valence-corrected chi connectivity index (χ2v) is 3.63. The maximum absolute atomic E-state index is 8.45. The van der Waals surface area contributed by atoms with Gasteiger partial charge in [-0.1, -0.05) is 51.9 Å². The van der Waals surface area contributed by atoms with Gasteiger partial charge in [0.1, 0.15) is 0 Å². The number of nitrogens with one attached hydrogen (secondary N) is 1. The van der Waals surface area contributed by atoms with Crippen LogP contribution in [0.2, 0.25) is 0 Å². The van der Waals surface area contributed by atoms with Crippen molar-refractivity contribution in [1.82, 2.24) is 5.32 Å². The van der Waals surface area contributed by atoms with Crippen LogP contribution in [0.1, 0.15) is 58.3 Å². The van der Waals surface area contributed by atoms with Gasteiger partial charge in [0.05, 0.1) is 6.73 Å². The summed E-state index contributed by atoms with van der Waals surface area (Å²) in [6.45, 7) is 3.34. The molecule has 0 aromatic carbocycles. The second-order valence-electron chi connectivity index (χ2n) is 3.63. The third-order valence-corrected chi connectivity index (χ3v) is 2.32. The molecule has 0 unspecified atom stereocenters. The molecule has 94 valence electrons. The minimum Gasteiger partial charge on any atom is -0.400 e. The van der Waals surface area contributed by atoms with E-state index in [1.165, 1.54) is 51.4 Å². The highest BCUT2D eigenvalue weighted by atomic mass is 16.3. The molecule has 0 radical (unpaired) electrons. The largest absolute Gasteiger partial charge is 0.400 e. The molecule has 3 nitrogen and oxygen atoms in total. The minimum absolute atomic E-state index is 0.122. The minimum atomic E-state index is 0.122. The summed E-state index contributed by atoms with van der Waals surface area (Å²) < 4.78 is 0. The van der Waals surface area contributed by atoms with Crippen LogP contribution in [0.4, 0.5) is 0 Å². The first-order chi connectivity index (χ1) is 7.41. The topological polar surface area (TPSA) is 52.5 Å². The normalized spacial score (nSPS) is 9.60. The lowest BCUT2D eigenvalue weighted by atomic mass is 10.1. The molecule has 0 aromatic heterocycles. The fourth-order valence-corrected chi connectivity index (χ4v) is 1.46. The van der Waals surface area contributed by atoms with Crippen LogP contribution in [0, 0.1) is 0 Å². The van der Waals surface area contributed by atoms with E-state index in [-0.39, 0.29) is 6.73 Å². The molecule has 0 saturated carbocycles. The molecule has 0 aliphatic carbocycles. The smallest absolute Gasteiger partial charge is 0.0931 e. The van der Waals surface area contributed by atoms with Crippen LogP contribution in [0.5, 0.6) is 0 Å². The van der Waals surface area contributed by atoms with Gasteiger partial charge < -0.3 is 10.2 Å². The van der Waals surface area contributed by atoms with Crippen LogP contribution in [0.15, 0.2) is 0 Å². The van der Waals surface area contributed by atoms with E-state index in [4.69, 9.17) is 10.2 Å². The molecule has 3 N–H and O–H groups in total. The van der Waals surface area contributed by atoms with Crippen LogP contribution in [0.25, 0.3) is 0 Å². The van der Waals surface area contributed by atoms with Crippen molar-refractivity contribution in [1.29, 1.82) is 0 Å². The highest BCUT2D eigenvalue weighted by Gasteiger charge is 1.90. The summed E-state index contributed by atoms with van der Waals surface area (Å²) in [5.74, 6) is 0. The van der Waals surface area contributed by atoms with Crippen LogP contribution in [-0.2, 0) is 0 Å². The van der Waals surface area contributed by atoms with Crippen molar-refractivity contribution in [2.75, 3.05) is 20.4 Å². The maximum Gasteiger partial charge on any atom is 0.0931 e. The fourth-order valence-electron chi connectivity index (χ4n) is 1.46. The highest BCUT2D eigenvalue weighted by molar-refractivity contribution is 4.47. The Kier molecular flexibility index (Phi) is 22.4. The molecule has 0 rings (SSSR count). The lowest BCUT2D eigenvalue weighted by molar-refractivity contribution is 0.260. The van der Waals surface area contributed by atoms with E-state index in [2.05, 4.69) is 12.2 Å². The first kappa shape index (κ1) is 17.3. The van der Waals surface area contributed by atoms with Gasteiger partial charge in [-0.25, -0.2) is 0 Å². The van der Waals surface area contributed by atoms with Crippen molar-refractivity contribution in [2.24, 2.45) is 0 Å². The molecular weight excluding hydrogens is 190 g/mol. The molecule has 15 heavy (non-hydrogen) atoms. The third-order valence-electron chi connectivity index (χ3n) is 2.32. The Bertz CT molecular complexity index is 79.7. The number of rotatable bonds is 10. The number of hydrogen-bond donors (Lipinski definition) is 3.